The standard InChI is InChI=1S/C26H20ClN3O8S/c1-3-37-25(33)18-11-16(6-8-19(18)27)28-23(31)13-29-24(32)22(39-26(29)34)12-17-7-9-21(38-17)15-5-4-14(2)20(10-15)30(35)36/h4-12H,3,13H2,1-2H3,(H,28,31)/b22-12+. The van der Waals surface area contributed by atoms with Crippen molar-refractivity contribution in [3.05, 3.63) is 85.5 Å². The van der Waals surface area contributed by atoms with Crippen molar-refractivity contribution >= 4 is 63.8 Å². The third-order valence-corrected chi connectivity index (χ3v) is 6.75. The van der Waals surface area contributed by atoms with E-state index in [0.29, 0.717) is 28.6 Å². The lowest BCUT2D eigenvalue weighted by Gasteiger charge is -2.13. The summed E-state index contributed by atoms with van der Waals surface area (Å²) in [7, 11) is 0. The molecule has 1 N–H and O–H groups in total. The highest BCUT2D eigenvalue weighted by molar-refractivity contribution is 8.18. The zero-order valence-electron chi connectivity index (χ0n) is 20.6. The first-order chi connectivity index (χ1) is 18.6. The van der Waals surface area contributed by atoms with Crippen LogP contribution in [0.5, 0.6) is 0 Å². The number of nitrogens with zero attached hydrogens (tertiary/aromatic N) is 2. The van der Waals surface area contributed by atoms with Gasteiger partial charge in [0, 0.05) is 29.0 Å². The smallest absolute Gasteiger partial charge is 0.339 e. The number of hydrogen-bond acceptors (Lipinski definition) is 9. The van der Waals surface area contributed by atoms with Gasteiger partial charge < -0.3 is 14.5 Å². The Morgan fingerprint density at radius 2 is 1.95 bits per heavy atom. The minimum Gasteiger partial charge on any atom is -0.462 e. The lowest BCUT2D eigenvalue weighted by molar-refractivity contribution is -0.385. The van der Waals surface area contributed by atoms with Crippen LogP contribution in [0.25, 0.3) is 17.4 Å². The number of amides is 3. The summed E-state index contributed by atoms with van der Waals surface area (Å²) >= 11 is 6.67. The number of halogens is 1. The third kappa shape index (κ3) is 6.19. The second-order valence-electron chi connectivity index (χ2n) is 8.19. The van der Waals surface area contributed by atoms with Crippen molar-refractivity contribution in [3.63, 3.8) is 0 Å². The molecule has 0 bridgehead atoms. The first-order valence-electron chi connectivity index (χ1n) is 11.4. The van der Waals surface area contributed by atoms with Crippen molar-refractivity contribution in [1.29, 1.82) is 0 Å². The van der Waals surface area contributed by atoms with E-state index in [0.717, 1.165) is 4.90 Å². The molecule has 3 amide bonds. The van der Waals surface area contributed by atoms with Gasteiger partial charge in [0.1, 0.15) is 18.1 Å². The van der Waals surface area contributed by atoms with Gasteiger partial charge in [-0.25, -0.2) is 4.79 Å². The first-order valence-corrected chi connectivity index (χ1v) is 12.6. The summed E-state index contributed by atoms with van der Waals surface area (Å²) in [6.45, 7) is 2.86. The van der Waals surface area contributed by atoms with E-state index in [1.807, 2.05) is 0 Å². The Balaban J connectivity index is 1.45. The van der Waals surface area contributed by atoms with E-state index in [1.165, 1.54) is 30.3 Å². The normalized spacial score (nSPS) is 14.1. The molecule has 3 aromatic rings. The summed E-state index contributed by atoms with van der Waals surface area (Å²) in [4.78, 5) is 61.5. The fraction of sp³-hybridized carbons (Fsp3) is 0.154. The monoisotopic (exact) mass is 569 g/mol. The van der Waals surface area contributed by atoms with Crippen LogP contribution in [0.1, 0.15) is 28.6 Å². The van der Waals surface area contributed by atoms with Gasteiger partial charge in [0.25, 0.3) is 16.8 Å². The van der Waals surface area contributed by atoms with Crippen molar-refractivity contribution in [3.8, 4) is 11.3 Å². The molecule has 2 heterocycles. The van der Waals surface area contributed by atoms with E-state index in [9.17, 15) is 29.3 Å². The maximum atomic E-state index is 12.8. The van der Waals surface area contributed by atoms with Gasteiger partial charge in [-0.1, -0.05) is 23.7 Å². The number of rotatable bonds is 8. The number of carbonyl (C=O) groups is 4. The molecule has 11 nitrogen and oxygen atoms in total. The van der Waals surface area contributed by atoms with E-state index < -0.39 is 34.5 Å². The number of hydrogen-bond donors (Lipinski definition) is 1. The van der Waals surface area contributed by atoms with Crippen molar-refractivity contribution in [2.75, 3.05) is 18.5 Å². The number of benzene rings is 2. The summed E-state index contributed by atoms with van der Waals surface area (Å²) in [6, 6.07) is 12.0. The quantitative estimate of drug-likeness (QED) is 0.157. The van der Waals surface area contributed by atoms with Crippen LogP contribution in [0, 0.1) is 17.0 Å². The van der Waals surface area contributed by atoms with Crippen LogP contribution < -0.4 is 5.32 Å². The molecule has 1 saturated heterocycles. The Kier molecular flexibility index (Phi) is 8.17. The number of aryl methyl sites for hydroxylation is 1. The summed E-state index contributed by atoms with van der Waals surface area (Å²) < 4.78 is 10.7. The molecule has 1 fully saturated rings. The molecule has 1 aliphatic rings. The molecule has 0 saturated carbocycles. The molecule has 0 spiro atoms. The highest BCUT2D eigenvalue weighted by Crippen LogP contribution is 2.34. The average Bonchev–Trinajstić information content (AvgIpc) is 3.45. The molecule has 0 radical (unpaired) electrons. The van der Waals surface area contributed by atoms with E-state index in [1.54, 1.807) is 38.1 Å². The maximum absolute atomic E-state index is 12.8. The van der Waals surface area contributed by atoms with Crippen molar-refractivity contribution < 1.29 is 33.3 Å². The van der Waals surface area contributed by atoms with Crippen molar-refractivity contribution in [1.82, 2.24) is 4.90 Å². The van der Waals surface area contributed by atoms with Gasteiger partial charge in [-0.2, -0.15) is 0 Å². The Morgan fingerprint density at radius 1 is 1.18 bits per heavy atom. The molecule has 13 heteroatoms. The Bertz CT molecular complexity index is 1550. The number of carbonyl (C=O) groups excluding carboxylic acids is 4. The Morgan fingerprint density at radius 3 is 2.67 bits per heavy atom. The van der Waals surface area contributed by atoms with Crippen molar-refractivity contribution in [2.24, 2.45) is 0 Å². The zero-order chi connectivity index (χ0) is 28.3. The number of imide groups is 1. The molecule has 0 aliphatic carbocycles. The summed E-state index contributed by atoms with van der Waals surface area (Å²) in [5.74, 6) is -1.43. The highest BCUT2D eigenvalue weighted by atomic mass is 35.5. The van der Waals surface area contributed by atoms with E-state index in [4.69, 9.17) is 20.8 Å². The SMILES string of the molecule is CCOC(=O)c1cc(NC(=O)CN2C(=O)S/C(=C/c3ccc(-c4ccc(C)c([N+](=O)[O-])c4)o3)C2=O)ccc1Cl. The van der Waals surface area contributed by atoms with Gasteiger partial charge in [0.15, 0.2) is 0 Å². The first kappa shape index (κ1) is 27.6. The fourth-order valence-electron chi connectivity index (χ4n) is 3.62. The van der Waals surface area contributed by atoms with Crippen LogP contribution in [0.3, 0.4) is 0 Å². The van der Waals surface area contributed by atoms with Crippen LogP contribution >= 0.6 is 23.4 Å². The van der Waals surface area contributed by atoms with E-state index in [-0.39, 0.29) is 39.2 Å². The summed E-state index contributed by atoms with van der Waals surface area (Å²) in [5, 5.41) is 13.3. The molecular formula is C26H20ClN3O8S. The molecule has 0 atom stereocenters. The molecule has 0 unspecified atom stereocenters. The van der Waals surface area contributed by atoms with Crippen LogP contribution in [0.15, 0.2) is 57.9 Å². The minimum atomic E-state index is -0.688. The van der Waals surface area contributed by atoms with Gasteiger partial charge >= 0.3 is 5.97 Å². The van der Waals surface area contributed by atoms with Crippen LogP contribution in [-0.4, -0.2) is 46.0 Å². The number of thioether (sulfide) groups is 1. The molecule has 39 heavy (non-hydrogen) atoms. The maximum Gasteiger partial charge on any atom is 0.339 e. The van der Waals surface area contributed by atoms with Gasteiger partial charge in [0.05, 0.1) is 27.0 Å². The number of esters is 1. The number of ether oxygens (including phenoxy) is 1. The van der Waals surface area contributed by atoms with Crippen molar-refractivity contribution in [2.45, 2.75) is 13.8 Å². The molecule has 200 valence electrons. The van der Waals surface area contributed by atoms with Crippen LogP contribution in [0.2, 0.25) is 5.02 Å². The van der Waals surface area contributed by atoms with E-state index in [2.05, 4.69) is 5.32 Å². The largest absolute Gasteiger partial charge is 0.462 e. The number of nitro benzene ring substituents is 1. The zero-order valence-corrected chi connectivity index (χ0v) is 22.1. The lowest BCUT2D eigenvalue weighted by Crippen LogP contribution is -2.36. The van der Waals surface area contributed by atoms with Gasteiger partial charge in [-0.3, -0.25) is 29.4 Å². The second-order valence-corrected chi connectivity index (χ2v) is 9.59. The number of furan rings is 1. The Labute approximate surface area is 230 Å². The number of nitro groups is 1. The average molecular weight is 570 g/mol. The molecule has 1 aromatic heterocycles. The Hall–Kier alpha value is -4.42. The summed E-state index contributed by atoms with van der Waals surface area (Å²) in [6.07, 6.45) is 1.36. The predicted molar refractivity (Wildman–Crippen MR) is 144 cm³/mol. The lowest BCUT2D eigenvalue weighted by atomic mass is 10.1. The van der Waals surface area contributed by atoms with Gasteiger partial charge in [-0.05, 0) is 55.9 Å². The summed E-state index contributed by atoms with van der Waals surface area (Å²) in [5.41, 5.74) is 1.22. The van der Waals surface area contributed by atoms with Gasteiger partial charge in [-0.15, -0.1) is 0 Å². The second kappa shape index (κ2) is 11.5. The third-order valence-electron chi connectivity index (χ3n) is 5.51. The van der Waals surface area contributed by atoms with E-state index >= 15 is 0 Å². The molecule has 4 rings (SSSR count). The fourth-order valence-corrected chi connectivity index (χ4v) is 4.64. The number of anilines is 1. The molecule has 2 aromatic carbocycles. The van der Waals surface area contributed by atoms with Crippen LogP contribution in [0.4, 0.5) is 16.2 Å². The number of nitrogens with one attached hydrogen (secondary N) is 1. The minimum absolute atomic E-state index is 0.0414. The molecular weight excluding hydrogens is 550 g/mol. The van der Waals surface area contributed by atoms with Crippen LogP contribution in [-0.2, 0) is 14.3 Å². The topological polar surface area (TPSA) is 149 Å². The van der Waals surface area contributed by atoms with Gasteiger partial charge in [0.2, 0.25) is 5.91 Å². The highest BCUT2D eigenvalue weighted by Gasteiger charge is 2.36. The molecule has 1 aliphatic heterocycles. The predicted octanol–water partition coefficient (Wildman–Crippen LogP) is 5.67.